The highest BCUT2D eigenvalue weighted by molar-refractivity contribution is 5.65. The van der Waals surface area contributed by atoms with Crippen molar-refractivity contribution in [2.75, 3.05) is 6.61 Å². The Labute approximate surface area is 80.0 Å². The number of fused-ring (bicyclic) bond motifs is 2. The van der Waals surface area contributed by atoms with Crippen molar-refractivity contribution in [1.29, 1.82) is 0 Å². The molecule has 0 aliphatic heterocycles. The fourth-order valence-electron chi connectivity index (χ4n) is 2.31. The maximum absolute atomic E-state index is 10.6. The zero-order valence-electron chi connectivity index (χ0n) is 7.32. The predicted octanol–water partition coefficient (Wildman–Crippen LogP) is 2.40. The largest absolute Gasteiger partial charge is 0.466 e. The lowest BCUT2D eigenvalue weighted by atomic mass is 9.95. The SMILES string of the molecule is C.CC(=O)OCC1CC2C=CC1C2. The highest BCUT2D eigenvalue weighted by Gasteiger charge is 2.35. The molecule has 2 bridgehead atoms. The van der Waals surface area contributed by atoms with Crippen LogP contribution in [-0.2, 0) is 9.53 Å². The number of hydrogen-bond donors (Lipinski definition) is 0. The molecule has 0 aromatic heterocycles. The number of ether oxygens (including phenoxy) is 1. The lowest BCUT2D eigenvalue weighted by molar-refractivity contribution is -0.142. The van der Waals surface area contributed by atoms with E-state index >= 15 is 0 Å². The summed E-state index contributed by atoms with van der Waals surface area (Å²) in [4.78, 5) is 10.6. The number of esters is 1. The van der Waals surface area contributed by atoms with Gasteiger partial charge in [-0.2, -0.15) is 0 Å². The molecule has 13 heavy (non-hydrogen) atoms. The van der Waals surface area contributed by atoms with Crippen LogP contribution in [0.3, 0.4) is 0 Å². The third-order valence-electron chi connectivity index (χ3n) is 2.92. The number of allylic oxidation sites excluding steroid dienone is 2. The molecule has 1 saturated carbocycles. The Morgan fingerprint density at radius 3 is 2.69 bits per heavy atom. The fourth-order valence-corrected chi connectivity index (χ4v) is 2.31. The van der Waals surface area contributed by atoms with Crippen LogP contribution >= 0.6 is 0 Å². The highest BCUT2D eigenvalue weighted by Crippen LogP contribution is 2.43. The summed E-state index contributed by atoms with van der Waals surface area (Å²) < 4.78 is 5.01. The third kappa shape index (κ3) is 2.11. The molecule has 0 amide bonds. The number of hydrogen-bond acceptors (Lipinski definition) is 2. The Morgan fingerprint density at radius 1 is 1.46 bits per heavy atom. The van der Waals surface area contributed by atoms with Crippen molar-refractivity contribution in [3.8, 4) is 0 Å². The molecule has 0 heterocycles. The van der Waals surface area contributed by atoms with Crippen LogP contribution in [0.2, 0.25) is 0 Å². The average molecular weight is 182 g/mol. The summed E-state index contributed by atoms with van der Waals surface area (Å²) in [5, 5.41) is 0. The number of carbonyl (C=O) groups is 1. The molecule has 2 nitrogen and oxygen atoms in total. The van der Waals surface area contributed by atoms with Gasteiger partial charge in [-0.05, 0) is 30.6 Å². The average Bonchev–Trinajstić information content (AvgIpc) is 2.60. The van der Waals surface area contributed by atoms with Gasteiger partial charge in [-0.1, -0.05) is 19.6 Å². The van der Waals surface area contributed by atoms with E-state index < -0.39 is 0 Å². The molecule has 0 aromatic carbocycles. The molecule has 2 rings (SSSR count). The summed E-state index contributed by atoms with van der Waals surface area (Å²) in [7, 11) is 0. The Balaban J connectivity index is 0.000000845. The highest BCUT2D eigenvalue weighted by atomic mass is 16.5. The molecular formula is C11H18O2. The quantitative estimate of drug-likeness (QED) is 0.484. The molecule has 3 unspecified atom stereocenters. The first kappa shape index (κ1) is 10.3. The van der Waals surface area contributed by atoms with Crippen LogP contribution in [0, 0.1) is 17.8 Å². The molecule has 2 heteroatoms. The van der Waals surface area contributed by atoms with Gasteiger partial charge >= 0.3 is 5.97 Å². The lowest BCUT2D eigenvalue weighted by Crippen LogP contribution is -2.16. The minimum absolute atomic E-state index is 0. The van der Waals surface area contributed by atoms with Crippen LogP contribution in [0.1, 0.15) is 27.2 Å². The van der Waals surface area contributed by atoms with E-state index in [1.54, 1.807) is 0 Å². The molecule has 0 saturated heterocycles. The first-order valence-corrected chi connectivity index (χ1v) is 4.57. The second-order valence-corrected chi connectivity index (χ2v) is 3.84. The second kappa shape index (κ2) is 3.95. The van der Waals surface area contributed by atoms with E-state index in [-0.39, 0.29) is 13.4 Å². The number of rotatable bonds is 2. The Bertz CT molecular complexity index is 220. The zero-order chi connectivity index (χ0) is 8.55. The van der Waals surface area contributed by atoms with Crippen LogP contribution < -0.4 is 0 Å². The summed E-state index contributed by atoms with van der Waals surface area (Å²) in [5.74, 6) is 1.91. The fraction of sp³-hybridized carbons (Fsp3) is 0.727. The van der Waals surface area contributed by atoms with Gasteiger partial charge in [-0.15, -0.1) is 0 Å². The minimum atomic E-state index is -0.151. The van der Waals surface area contributed by atoms with Crippen molar-refractivity contribution < 1.29 is 9.53 Å². The van der Waals surface area contributed by atoms with Crippen LogP contribution in [0.5, 0.6) is 0 Å². The van der Waals surface area contributed by atoms with Crippen LogP contribution in [-0.4, -0.2) is 12.6 Å². The van der Waals surface area contributed by atoms with Gasteiger partial charge in [0.25, 0.3) is 0 Å². The normalized spacial score (nSPS) is 34.4. The molecule has 0 spiro atoms. The molecule has 1 fully saturated rings. The molecular weight excluding hydrogens is 164 g/mol. The van der Waals surface area contributed by atoms with Gasteiger partial charge in [0.1, 0.15) is 0 Å². The smallest absolute Gasteiger partial charge is 0.302 e. The summed E-state index contributed by atoms with van der Waals surface area (Å²) >= 11 is 0. The minimum Gasteiger partial charge on any atom is -0.466 e. The van der Waals surface area contributed by atoms with Crippen molar-refractivity contribution >= 4 is 5.97 Å². The van der Waals surface area contributed by atoms with Crippen molar-refractivity contribution in [2.24, 2.45) is 17.8 Å². The monoisotopic (exact) mass is 182 g/mol. The Hall–Kier alpha value is -0.790. The summed E-state index contributed by atoms with van der Waals surface area (Å²) in [6.07, 6.45) is 7.08. The molecule has 2 aliphatic rings. The first-order chi connectivity index (χ1) is 5.75. The van der Waals surface area contributed by atoms with Crippen molar-refractivity contribution in [1.82, 2.24) is 0 Å². The van der Waals surface area contributed by atoms with Gasteiger partial charge in [0.2, 0.25) is 0 Å². The van der Waals surface area contributed by atoms with Gasteiger partial charge in [-0.25, -0.2) is 0 Å². The molecule has 0 N–H and O–H groups in total. The van der Waals surface area contributed by atoms with E-state index in [9.17, 15) is 4.79 Å². The molecule has 2 aliphatic carbocycles. The Kier molecular flexibility index (Phi) is 3.12. The van der Waals surface area contributed by atoms with E-state index in [2.05, 4.69) is 12.2 Å². The van der Waals surface area contributed by atoms with E-state index in [4.69, 9.17) is 4.74 Å². The third-order valence-corrected chi connectivity index (χ3v) is 2.92. The molecule has 0 radical (unpaired) electrons. The second-order valence-electron chi connectivity index (χ2n) is 3.84. The van der Waals surface area contributed by atoms with Gasteiger partial charge in [-0.3, -0.25) is 4.79 Å². The Morgan fingerprint density at radius 2 is 2.23 bits per heavy atom. The standard InChI is InChI=1S/C10H14O2.CH4/c1-7(11)12-6-10-5-8-2-3-9(10)4-8;/h2-3,8-10H,4-6H2,1H3;1H4. The van der Waals surface area contributed by atoms with Crippen LogP contribution in [0.15, 0.2) is 12.2 Å². The van der Waals surface area contributed by atoms with Gasteiger partial charge in [0.05, 0.1) is 6.61 Å². The van der Waals surface area contributed by atoms with E-state index in [1.807, 2.05) is 0 Å². The summed E-state index contributed by atoms with van der Waals surface area (Å²) in [6.45, 7) is 2.10. The summed E-state index contributed by atoms with van der Waals surface area (Å²) in [6, 6.07) is 0. The number of carbonyl (C=O) groups excluding carboxylic acids is 1. The van der Waals surface area contributed by atoms with E-state index in [1.165, 1.54) is 19.8 Å². The molecule has 74 valence electrons. The topological polar surface area (TPSA) is 26.3 Å². The first-order valence-electron chi connectivity index (χ1n) is 4.57. The maximum Gasteiger partial charge on any atom is 0.302 e. The van der Waals surface area contributed by atoms with Gasteiger partial charge in [0, 0.05) is 6.92 Å². The molecule has 3 atom stereocenters. The van der Waals surface area contributed by atoms with E-state index in [0.29, 0.717) is 18.4 Å². The van der Waals surface area contributed by atoms with Crippen molar-refractivity contribution in [3.05, 3.63) is 12.2 Å². The van der Waals surface area contributed by atoms with Crippen molar-refractivity contribution in [3.63, 3.8) is 0 Å². The maximum atomic E-state index is 10.6. The van der Waals surface area contributed by atoms with E-state index in [0.717, 1.165) is 5.92 Å². The zero-order valence-corrected chi connectivity index (χ0v) is 7.32. The summed E-state index contributed by atoms with van der Waals surface area (Å²) in [5.41, 5.74) is 0. The predicted molar refractivity (Wildman–Crippen MR) is 52.2 cm³/mol. The van der Waals surface area contributed by atoms with Crippen molar-refractivity contribution in [2.45, 2.75) is 27.2 Å². The van der Waals surface area contributed by atoms with Gasteiger partial charge in [0.15, 0.2) is 0 Å². The van der Waals surface area contributed by atoms with Gasteiger partial charge < -0.3 is 4.74 Å². The van der Waals surface area contributed by atoms with Crippen LogP contribution in [0.4, 0.5) is 0 Å². The molecule has 0 aromatic rings. The van der Waals surface area contributed by atoms with Crippen LogP contribution in [0.25, 0.3) is 0 Å². The lowest BCUT2D eigenvalue weighted by Gasteiger charge is -2.16.